The summed E-state index contributed by atoms with van der Waals surface area (Å²) in [6.07, 6.45) is -4.32. The van der Waals surface area contributed by atoms with Crippen molar-refractivity contribution in [2.45, 2.75) is 19.5 Å². The predicted octanol–water partition coefficient (Wildman–Crippen LogP) is 2.42. The molecule has 0 saturated carbocycles. The van der Waals surface area contributed by atoms with Gasteiger partial charge in [0.2, 0.25) is 11.7 Å². The molecule has 0 atom stereocenters. The molecule has 0 aliphatic rings. The van der Waals surface area contributed by atoms with E-state index in [2.05, 4.69) is 30.1 Å². The minimum absolute atomic E-state index is 0.212. The third-order valence-electron chi connectivity index (χ3n) is 3.27. The van der Waals surface area contributed by atoms with Crippen LogP contribution >= 0.6 is 0 Å². The summed E-state index contributed by atoms with van der Waals surface area (Å²) < 4.78 is 46.5. The van der Waals surface area contributed by atoms with Crippen LogP contribution in [0.1, 0.15) is 28.0 Å². The predicted molar refractivity (Wildman–Crippen MR) is 79.8 cm³/mol. The molecule has 0 spiro atoms. The molecule has 2 aromatic heterocycles. The van der Waals surface area contributed by atoms with Gasteiger partial charge in [0, 0.05) is 24.1 Å². The van der Waals surface area contributed by atoms with Crippen molar-refractivity contribution < 1.29 is 27.0 Å². The van der Waals surface area contributed by atoms with E-state index in [1.54, 1.807) is 6.92 Å². The van der Waals surface area contributed by atoms with E-state index in [9.17, 15) is 18.0 Å². The van der Waals surface area contributed by atoms with Crippen molar-refractivity contribution in [2.24, 2.45) is 0 Å². The van der Waals surface area contributed by atoms with Crippen LogP contribution in [0.15, 0.2) is 33.3 Å². The van der Waals surface area contributed by atoms with Gasteiger partial charge in [-0.05, 0) is 19.1 Å². The average Bonchev–Trinajstić information content (AvgIpc) is 3.24. The fraction of sp³-hybridized carbons (Fsp3) is 0.267. The van der Waals surface area contributed by atoms with Gasteiger partial charge in [0.25, 0.3) is 5.91 Å². The van der Waals surface area contributed by atoms with E-state index in [1.165, 1.54) is 24.3 Å². The van der Waals surface area contributed by atoms with Gasteiger partial charge >= 0.3 is 12.1 Å². The van der Waals surface area contributed by atoms with Gasteiger partial charge in [0.05, 0.1) is 0 Å². The number of carbonyl (C=O) groups is 1. The molecular formula is C15H12F3N5O3. The lowest BCUT2D eigenvalue weighted by Crippen LogP contribution is -2.25. The van der Waals surface area contributed by atoms with Crippen molar-refractivity contribution in [3.63, 3.8) is 0 Å². The maximum atomic E-state index is 12.5. The Balaban J connectivity index is 1.60. The zero-order chi connectivity index (χ0) is 18.7. The average molecular weight is 367 g/mol. The number of nitrogens with one attached hydrogen (secondary N) is 1. The third kappa shape index (κ3) is 4.05. The zero-order valence-electron chi connectivity index (χ0n) is 13.4. The van der Waals surface area contributed by atoms with Crippen LogP contribution in [0.4, 0.5) is 13.2 Å². The zero-order valence-corrected chi connectivity index (χ0v) is 13.4. The number of aromatic nitrogens is 4. The fourth-order valence-electron chi connectivity index (χ4n) is 2.05. The summed E-state index contributed by atoms with van der Waals surface area (Å²) in [5.41, 5.74) is 0.622. The Morgan fingerprint density at radius 3 is 2.42 bits per heavy atom. The first kappa shape index (κ1) is 17.6. The summed E-state index contributed by atoms with van der Waals surface area (Å²) in [6, 6.07) is 5.76. The maximum Gasteiger partial charge on any atom is 0.471 e. The highest BCUT2D eigenvalue weighted by molar-refractivity contribution is 5.94. The van der Waals surface area contributed by atoms with Gasteiger partial charge in [-0.2, -0.15) is 23.1 Å². The molecular weight excluding hydrogens is 355 g/mol. The number of nitrogens with zero attached hydrogens (tertiary/aromatic N) is 4. The summed E-state index contributed by atoms with van der Waals surface area (Å²) in [7, 11) is 0. The lowest BCUT2D eigenvalue weighted by molar-refractivity contribution is -0.159. The van der Waals surface area contributed by atoms with E-state index >= 15 is 0 Å². The number of amides is 1. The molecule has 0 radical (unpaired) electrons. The van der Waals surface area contributed by atoms with E-state index in [0.29, 0.717) is 35.8 Å². The number of hydrogen-bond donors (Lipinski definition) is 1. The van der Waals surface area contributed by atoms with Crippen LogP contribution in [-0.2, 0) is 12.6 Å². The van der Waals surface area contributed by atoms with Crippen LogP contribution in [0.2, 0.25) is 0 Å². The number of alkyl halides is 3. The number of halogens is 3. The van der Waals surface area contributed by atoms with Crippen LogP contribution in [0, 0.1) is 6.92 Å². The van der Waals surface area contributed by atoms with Gasteiger partial charge in [-0.25, -0.2) is 0 Å². The highest BCUT2D eigenvalue weighted by atomic mass is 19.4. The van der Waals surface area contributed by atoms with Gasteiger partial charge in [0.15, 0.2) is 5.82 Å². The molecule has 11 heteroatoms. The van der Waals surface area contributed by atoms with E-state index < -0.39 is 12.1 Å². The summed E-state index contributed by atoms with van der Waals surface area (Å²) in [6.45, 7) is 1.98. The number of benzene rings is 1. The second-order valence-corrected chi connectivity index (χ2v) is 5.24. The minimum Gasteiger partial charge on any atom is -0.352 e. The van der Waals surface area contributed by atoms with Crippen molar-refractivity contribution in [1.82, 2.24) is 25.6 Å². The van der Waals surface area contributed by atoms with E-state index in [0.717, 1.165) is 0 Å². The second-order valence-electron chi connectivity index (χ2n) is 5.24. The lowest BCUT2D eigenvalue weighted by Gasteiger charge is -2.04. The molecule has 2 heterocycles. The van der Waals surface area contributed by atoms with Crippen LogP contribution in [-0.4, -0.2) is 32.7 Å². The van der Waals surface area contributed by atoms with Crippen LogP contribution < -0.4 is 5.32 Å². The monoisotopic (exact) mass is 367 g/mol. The molecule has 1 amide bonds. The first-order valence-electron chi connectivity index (χ1n) is 7.41. The van der Waals surface area contributed by atoms with Gasteiger partial charge in [-0.1, -0.05) is 22.4 Å². The number of aryl methyl sites for hydroxylation is 1. The largest absolute Gasteiger partial charge is 0.471 e. The molecule has 0 fully saturated rings. The molecule has 26 heavy (non-hydrogen) atoms. The first-order valence-corrected chi connectivity index (χ1v) is 7.41. The molecule has 3 rings (SSSR count). The number of carbonyl (C=O) groups excluding carboxylic acids is 1. The Morgan fingerprint density at radius 1 is 1.12 bits per heavy atom. The van der Waals surface area contributed by atoms with E-state index in [-0.39, 0.29) is 11.7 Å². The second kappa shape index (κ2) is 6.94. The van der Waals surface area contributed by atoms with Crippen molar-refractivity contribution in [2.75, 3.05) is 6.54 Å². The normalized spacial score (nSPS) is 11.5. The molecule has 0 aliphatic carbocycles. The van der Waals surface area contributed by atoms with Crippen LogP contribution in [0.25, 0.3) is 11.4 Å². The van der Waals surface area contributed by atoms with Gasteiger partial charge in [-0.3, -0.25) is 4.79 Å². The van der Waals surface area contributed by atoms with Gasteiger partial charge in [0.1, 0.15) is 0 Å². The van der Waals surface area contributed by atoms with Crippen molar-refractivity contribution in [3.05, 3.63) is 47.4 Å². The standard InChI is InChI=1S/C15H12F3N5O3/c1-8-20-11(25-22-8)6-7-19-13(24)10-4-2-9(3-5-10)12-21-14(26-23-12)15(16,17)18/h2-5H,6-7H2,1H3,(H,19,24). The smallest absolute Gasteiger partial charge is 0.352 e. The fourth-order valence-corrected chi connectivity index (χ4v) is 2.05. The van der Waals surface area contributed by atoms with Crippen LogP contribution in [0.3, 0.4) is 0 Å². The molecule has 136 valence electrons. The highest BCUT2D eigenvalue weighted by Crippen LogP contribution is 2.29. The molecule has 3 aromatic rings. The number of hydrogen-bond acceptors (Lipinski definition) is 7. The molecule has 1 N–H and O–H groups in total. The van der Waals surface area contributed by atoms with Crippen molar-refractivity contribution >= 4 is 5.91 Å². The highest BCUT2D eigenvalue weighted by Gasteiger charge is 2.38. The summed E-state index contributed by atoms with van der Waals surface area (Å²) in [4.78, 5) is 19.3. The molecule has 0 bridgehead atoms. The van der Waals surface area contributed by atoms with Gasteiger partial charge in [-0.15, -0.1) is 0 Å². The Bertz CT molecular complexity index is 902. The molecule has 8 nitrogen and oxygen atoms in total. The first-order chi connectivity index (χ1) is 12.3. The Morgan fingerprint density at radius 2 is 1.85 bits per heavy atom. The summed E-state index contributed by atoms with van der Waals surface area (Å²) in [5.74, 6) is -1.06. The topological polar surface area (TPSA) is 107 Å². The van der Waals surface area contributed by atoms with E-state index in [4.69, 9.17) is 4.52 Å². The third-order valence-corrected chi connectivity index (χ3v) is 3.27. The van der Waals surface area contributed by atoms with Crippen molar-refractivity contribution in [3.8, 4) is 11.4 Å². The van der Waals surface area contributed by atoms with Crippen LogP contribution in [0.5, 0.6) is 0 Å². The summed E-state index contributed by atoms with van der Waals surface area (Å²) in [5, 5.41) is 9.60. The Labute approximate surface area is 144 Å². The lowest BCUT2D eigenvalue weighted by atomic mass is 10.1. The van der Waals surface area contributed by atoms with E-state index in [1.807, 2.05) is 0 Å². The van der Waals surface area contributed by atoms with Gasteiger partial charge < -0.3 is 14.4 Å². The number of rotatable bonds is 5. The molecule has 1 aromatic carbocycles. The Kier molecular flexibility index (Phi) is 4.69. The SMILES string of the molecule is Cc1noc(CCNC(=O)c2ccc(-c3noc(C(F)(F)F)n3)cc2)n1. The minimum atomic E-state index is -4.71. The molecule has 0 aliphatic heterocycles. The summed E-state index contributed by atoms with van der Waals surface area (Å²) >= 11 is 0. The molecule has 0 unspecified atom stereocenters. The maximum absolute atomic E-state index is 12.5. The quantitative estimate of drug-likeness (QED) is 0.738. The molecule has 0 saturated heterocycles. The van der Waals surface area contributed by atoms with Crippen molar-refractivity contribution in [1.29, 1.82) is 0 Å². The Hall–Kier alpha value is -3.24.